The predicted molar refractivity (Wildman–Crippen MR) is 120 cm³/mol. The van der Waals surface area contributed by atoms with E-state index in [1.807, 2.05) is 60.7 Å². The van der Waals surface area contributed by atoms with Gasteiger partial charge >= 0.3 is 0 Å². The molecule has 156 valence electrons. The number of carbonyl (C=O) groups is 1. The summed E-state index contributed by atoms with van der Waals surface area (Å²) in [5, 5.41) is 9.80. The number of fused-ring (bicyclic) bond motifs is 3. The van der Waals surface area contributed by atoms with Crippen LogP contribution in [0.1, 0.15) is 21.6 Å². The van der Waals surface area contributed by atoms with Crippen molar-refractivity contribution in [2.45, 2.75) is 17.9 Å². The van der Waals surface area contributed by atoms with Crippen molar-refractivity contribution < 1.29 is 18.3 Å². The van der Waals surface area contributed by atoms with Crippen molar-refractivity contribution in [1.82, 2.24) is 4.57 Å². The highest BCUT2D eigenvalue weighted by Crippen LogP contribution is 2.38. The number of aliphatic hydroxyl groups is 1. The van der Waals surface area contributed by atoms with Crippen LogP contribution in [-0.4, -0.2) is 36.2 Å². The van der Waals surface area contributed by atoms with Gasteiger partial charge < -0.3 is 9.67 Å². The zero-order chi connectivity index (χ0) is 21.6. The van der Waals surface area contributed by atoms with Crippen molar-refractivity contribution in [3.63, 3.8) is 0 Å². The molecule has 5 rings (SSSR count). The van der Waals surface area contributed by atoms with Gasteiger partial charge in [0, 0.05) is 35.1 Å². The standard InChI is InChI=1S/C25H21NO4S/c27-16-24(28)19-8-6-17(7-9-19)15-26-22-11-10-20(18-4-2-1-3-5-18)14-21(22)25-23(26)12-13-31(25,29)30/h1-11,14,27H,12-13,15-16H2. The molecule has 0 radical (unpaired) electrons. The third-order valence-electron chi connectivity index (χ3n) is 5.91. The molecule has 0 saturated heterocycles. The molecule has 6 heteroatoms. The predicted octanol–water partition coefficient (Wildman–Crippen LogP) is 3.86. The topological polar surface area (TPSA) is 76.4 Å². The summed E-state index contributed by atoms with van der Waals surface area (Å²) in [5.41, 5.74) is 5.20. The van der Waals surface area contributed by atoms with Gasteiger partial charge in [-0.2, -0.15) is 0 Å². The minimum absolute atomic E-state index is 0.132. The molecule has 1 aromatic heterocycles. The van der Waals surface area contributed by atoms with Crippen LogP contribution in [0.4, 0.5) is 0 Å². The Morgan fingerprint density at radius 2 is 1.68 bits per heavy atom. The Bertz CT molecular complexity index is 1400. The Labute approximate surface area is 180 Å². The molecule has 31 heavy (non-hydrogen) atoms. The molecule has 0 spiro atoms. The third kappa shape index (κ3) is 3.38. The smallest absolute Gasteiger partial charge is 0.188 e. The number of benzene rings is 3. The van der Waals surface area contributed by atoms with Crippen LogP contribution in [0.5, 0.6) is 0 Å². The first kappa shape index (κ1) is 19.7. The van der Waals surface area contributed by atoms with E-state index >= 15 is 0 Å². The van der Waals surface area contributed by atoms with Crippen LogP contribution in [0.2, 0.25) is 0 Å². The highest BCUT2D eigenvalue weighted by atomic mass is 32.2. The highest BCUT2D eigenvalue weighted by molar-refractivity contribution is 7.92. The van der Waals surface area contributed by atoms with E-state index in [9.17, 15) is 13.2 Å². The van der Waals surface area contributed by atoms with Crippen LogP contribution in [0.25, 0.3) is 22.0 Å². The van der Waals surface area contributed by atoms with E-state index in [0.29, 0.717) is 23.4 Å². The quantitative estimate of drug-likeness (QED) is 0.487. The van der Waals surface area contributed by atoms with Gasteiger partial charge in [-0.05, 0) is 28.8 Å². The molecule has 3 aromatic carbocycles. The van der Waals surface area contributed by atoms with Crippen molar-refractivity contribution in [3.8, 4) is 11.1 Å². The molecule has 0 aliphatic carbocycles. The minimum Gasteiger partial charge on any atom is -0.388 e. The molecule has 0 atom stereocenters. The first-order valence-corrected chi connectivity index (χ1v) is 11.8. The summed E-state index contributed by atoms with van der Waals surface area (Å²) in [5.74, 6) is -0.189. The maximum atomic E-state index is 12.9. The zero-order valence-corrected chi connectivity index (χ0v) is 17.6. The first-order chi connectivity index (χ1) is 15.0. The molecular formula is C25H21NO4S. The Morgan fingerprint density at radius 1 is 0.935 bits per heavy atom. The van der Waals surface area contributed by atoms with Crippen LogP contribution < -0.4 is 0 Å². The van der Waals surface area contributed by atoms with E-state index in [1.54, 1.807) is 12.1 Å². The molecule has 4 aromatic rings. The van der Waals surface area contributed by atoms with E-state index in [2.05, 4.69) is 4.57 Å². The number of aromatic nitrogens is 1. The highest BCUT2D eigenvalue weighted by Gasteiger charge is 2.33. The molecule has 0 amide bonds. The maximum Gasteiger partial charge on any atom is 0.188 e. The Hall–Kier alpha value is -3.22. The number of sulfone groups is 1. The molecule has 0 fully saturated rings. The Kier molecular flexibility index (Phi) is 4.76. The molecule has 1 aliphatic rings. The number of aliphatic hydroxyl groups excluding tert-OH is 1. The largest absolute Gasteiger partial charge is 0.388 e. The van der Waals surface area contributed by atoms with Gasteiger partial charge in [0.25, 0.3) is 0 Å². The summed E-state index contributed by atoms with van der Waals surface area (Å²) in [6, 6.07) is 23.0. The molecule has 0 saturated carbocycles. The summed E-state index contributed by atoms with van der Waals surface area (Å²) in [7, 11) is -3.32. The monoisotopic (exact) mass is 431 g/mol. The number of ketones is 1. The van der Waals surface area contributed by atoms with Gasteiger partial charge in [0.05, 0.1) is 10.6 Å². The van der Waals surface area contributed by atoms with E-state index in [4.69, 9.17) is 5.11 Å². The number of carbonyl (C=O) groups excluding carboxylic acids is 1. The average molecular weight is 432 g/mol. The zero-order valence-electron chi connectivity index (χ0n) is 16.8. The minimum atomic E-state index is -3.32. The lowest BCUT2D eigenvalue weighted by Gasteiger charge is -2.11. The number of hydrogen-bond donors (Lipinski definition) is 1. The summed E-state index contributed by atoms with van der Waals surface area (Å²) in [6.45, 7) is -0.00364. The first-order valence-electron chi connectivity index (χ1n) is 10.1. The van der Waals surface area contributed by atoms with E-state index in [1.165, 1.54) is 0 Å². The normalized spacial score (nSPS) is 14.6. The molecule has 1 N–H and O–H groups in total. The van der Waals surface area contributed by atoms with Crippen molar-refractivity contribution in [2.24, 2.45) is 0 Å². The summed E-state index contributed by atoms with van der Waals surface area (Å²) >= 11 is 0. The number of rotatable bonds is 5. The van der Waals surface area contributed by atoms with Gasteiger partial charge in [0.15, 0.2) is 15.6 Å². The molecule has 5 nitrogen and oxygen atoms in total. The van der Waals surface area contributed by atoms with Crippen molar-refractivity contribution in [2.75, 3.05) is 12.4 Å². The lowest BCUT2D eigenvalue weighted by Crippen LogP contribution is -2.06. The SMILES string of the molecule is O=C(CO)c1ccc(Cn2c3c(c4cc(-c5ccccc5)ccc42)S(=O)(=O)CC3)cc1. The lowest BCUT2D eigenvalue weighted by molar-refractivity contribution is 0.0903. The summed E-state index contributed by atoms with van der Waals surface area (Å²) in [4.78, 5) is 12.1. The second-order valence-corrected chi connectivity index (χ2v) is 9.85. The Balaban J connectivity index is 1.63. The molecule has 0 unspecified atom stereocenters. The van der Waals surface area contributed by atoms with Gasteiger partial charge in [-0.3, -0.25) is 4.79 Å². The molecule has 2 heterocycles. The van der Waals surface area contributed by atoms with Gasteiger partial charge in [0.1, 0.15) is 6.61 Å². The number of Topliss-reactive ketones (excluding diaryl/α,β-unsaturated/α-hetero) is 1. The number of hydrogen-bond acceptors (Lipinski definition) is 4. The van der Waals surface area contributed by atoms with Crippen LogP contribution in [-0.2, 0) is 22.8 Å². The molecule has 1 aliphatic heterocycles. The fraction of sp³-hybridized carbons (Fsp3) is 0.160. The van der Waals surface area contributed by atoms with E-state index in [0.717, 1.165) is 33.3 Å². The lowest BCUT2D eigenvalue weighted by atomic mass is 10.0. The number of nitrogens with zero attached hydrogens (tertiary/aromatic N) is 1. The van der Waals surface area contributed by atoms with Crippen LogP contribution in [0.3, 0.4) is 0 Å². The van der Waals surface area contributed by atoms with Crippen molar-refractivity contribution in [1.29, 1.82) is 0 Å². The van der Waals surface area contributed by atoms with Crippen molar-refractivity contribution >= 4 is 26.5 Å². The van der Waals surface area contributed by atoms with E-state index in [-0.39, 0.29) is 11.5 Å². The average Bonchev–Trinajstić information content (AvgIpc) is 3.29. The van der Waals surface area contributed by atoms with E-state index < -0.39 is 16.4 Å². The second-order valence-electron chi connectivity index (χ2n) is 7.81. The van der Waals surface area contributed by atoms with Crippen molar-refractivity contribution in [3.05, 3.63) is 89.6 Å². The fourth-order valence-electron chi connectivity index (χ4n) is 4.37. The van der Waals surface area contributed by atoms with Gasteiger partial charge in [-0.25, -0.2) is 8.42 Å². The van der Waals surface area contributed by atoms with Crippen LogP contribution in [0, 0.1) is 0 Å². The molecule has 0 bridgehead atoms. The van der Waals surface area contributed by atoms with Crippen LogP contribution >= 0.6 is 0 Å². The molecular weight excluding hydrogens is 410 g/mol. The van der Waals surface area contributed by atoms with Crippen LogP contribution in [0.15, 0.2) is 77.7 Å². The summed E-state index contributed by atoms with van der Waals surface area (Å²) in [6.07, 6.45) is 0.494. The second kappa shape index (κ2) is 7.48. The van der Waals surface area contributed by atoms with Gasteiger partial charge in [-0.15, -0.1) is 0 Å². The Morgan fingerprint density at radius 3 is 2.39 bits per heavy atom. The maximum absolute atomic E-state index is 12.9. The van der Waals surface area contributed by atoms with Gasteiger partial charge in [-0.1, -0.05) is 60.7 Å². The third-order valence-corrected chi connectivity index (χ3v) is 7.72. The summed E-state index contributed by atoms with van der Waals surface area (Å²) < 4.78 is 27.8. The van der Waals surface area contributed by atoms with Gasteiger partial charge in [0.2, 0.25) is 0 Å². The fourth-order valence-corrected chi connectivity index (χ4v) is 6.10.